The number of urea groups is 2. The minimum absolute atomic E-state index is 0.0563. The zero-order valence-corrected chi connectivity index (χ0v) is 14.4. The Hall–Kier alpha value is -2.77. The highest BCUT2D eigenvalue weighted by molar-refractivity contribution is 5.89. The van der Waals surface area contributed by atoms with E-state index in [0.29, 0.717) is 25.2 Å². The van der Waals surface area contributed by atoms with E-state index in [1.165, 1.54) is 4.90 Å². The monoisotopic (exact) mass is 348 g/mol. The summed E-state index contributed by atoms with van der Waals surface area (Å²) in [6, 6.07) is 6.68. The summed E-state index contributed by atoms with van der Waals surface area (Å²) in [5.41, 5.74) is 1.55. The van der Waals surface area contributed by atoms with Crippen molar-refractivity contribution in [3.8, 4) is 0 Å². The molecule has 8 heteroatoms. The van der Waals surface area contributed by atoms with Gasteiger partial charge in [0.25, 0.3) is 0 Å². The van der Waals surface area contributed by atoms with Gasteiger partial charge in [-0.05, 0) is 38.0 Å². The van der Waals surface area contributed by atoms with E-state index in [9.17, 15) is 14.4 Å². The third kappa shape index (κ3) is 5.66. The summed E-state index contributed by atoms with van der Waals surface area (Å²) in [5.74, 6) is -1.34. The highest BCUT2D eigenvalue weighted by atomic mass is 16.4. The van der Waals surface area contributed by atoms with Crippen molar-refractivity contribution in [1.82, 2.24) is 15.5 Å². The molecule has 0 aliphatic carbocycles. The van der Waals surface area contributed by atoms with Crippen LogP contribution in [0.2, 0.25) is 0 Å². The summed E-state index contributed by atoms with van der Waals surface area (Å²) in [6.45, 7) is 4.80. The van der Waals surface area contributed by atoms with Gasteiger partial charge in [0.2, 0.25) is 0 Å². The predicted molar refractivity (Wildman–Crippen MR) is 93.3 cm³/mol. The minimum Gasteiger partial charge on any atom is -0.481 e. The first kappa shape index (κ1) is 18.6. The van der Waals surface area contributed by atoms with Gasteiger partial charge in [-0.2, -0.15) is 0 Å². The number of carbonyl (C=O) groups excluding carboxylic acids is 2. The number of nitrogens with zero attached hydrogens (tertiary/aromatic N) is 1. The topological polar surface area (TPSA) is 111 Å². The maximum atomic E-state index is 12.1. The summed E-state index contributed by atoms with van der Waals surface area (Å²) in [7, 11) is 0. The maximum absolute atomic E-state index is 12.1. The second-order valence-corrected chi connectivity index (χ2v) is 6.38. The number of rotatable bonds is 5. The maximum Gasteiger partial charge on any atom is 0.319 e. The molecule has 0 bridgehead atoms. The fourth-order valence-corrected chi connectivity index (χ4v) is 2.57. The van der Waals surface area contributed by atoms with Crippen LogP contribution < -0.4 is 16.0 Å². The molecule has 136 valence electrons. The van der Waals surface area contributed by atoms with Crippen molar-refractivity contribution in [3.05, 3.63) is 29.8 Å². The lowest BCUT2D eigenvalue weighted by Crippen LogP contribution is -2.38. The van der Waals surface area contributed by atoms with Crippen LogP contribution in [0.5, 0.6) is 0 Å². The lowest BCUT2D eigenvalue weighted by Gasteiger charge is -2.17. The molecule has 8 nitrogen and oxygen atoms in total. The molecule has 1 aromatic carbocycles. The van der Waals surface area contributed by atoms with Crippen molar-refractivity contribution in [2.75, 3.05) is 18.4 Å². The van der Waals surface area contributed by atoms with Gasteiger partial charge in [-0.3, -0.25) is 4.79 Å². The zero-order valence-electron chi connectivity index (χ0n) is 14.4. The number of benzene rings is 1. The number of aliphatic carboxylic acids is 1. The quantitative estimate of drug-likeness (QED) is 0.650. The molecule has 25 heavy (non-hydrogen) atoms. The lowest BCUT2D eigenvalue weighted by molar-refractivity contribution is -0.141. The second-order valence-electron chi connectivity index (χ2n) is 6.38. The number of likely N-dealkylation sites (tertiary alicyclic amines) is 1. The van der Waals surface area contributed by atoms with Crippen LogP contribution in [0.15, 0.2) is 24.3 Å². The van der Waals surface area contributed by atoms with Gasteiger partial charge >= 0.3 is 18.0 Å². The Morgan fingerprint density at radius 1 is 1.24 bits per heavy atom. The summed E-state index contributed by atoms with van der Waals surface area (Å²) in [6.07, 6.45) is 0.488. The highest BCUT2D eigenvalue weighted by Crippen LogP contribution is 2.16. The van der Waals surface area contributed by atoms with Crippen LogP contribution in [0.4, 0.5) is 15.3 Å². The van der Waals surface area contributed by atoms with E-state index >= 15 is 0 Å². The molecule has 2 rings (SSSR count). The Labute approximate surface area is 146 Å². The van der Waals surface area contributed by atoms with Crippen LogP contribution in [-0.2, 0) is 11.3 Å². The number of hydrogen-bond donors (Lipinski definition) is 4. The van der Waals surface area contributed by atoms with E-state index in [4.69, 9.17) is 5.11 Å². The van der Waals surface area contributed by atoms with Gasteiger partial charge in [0, 0.05) is 31.4 Å². The number of carbonyl (C=O) groups is 3. The Bertz CT molecular complexity index is 630. The van der Waals surface area contributed by atoms with Crippen LogP contribution in [-0.4, -0.2) is 47.2 Å². The van der Waals surface area contributed by atoms with E-state index < -0.39 is 11.9 Å². The number of hydrogen-bond acceptors (Lipinski definition) is 3. The summed E-state index contributed by atoms with van der Waals surface area (Å²) in [4.78, 5) is 36.1. The standard InChI is InChI=1S/C17H24N4O4/c1-11(2)19-16(24)20-14-5-3-12(4-6-14)9-18-17(25)21-8-7-13(10-21)15(22)23/h3-6,11,13H,7-10H2,1-2H3,(H,18,25)(H,22,23)(H2,19,20,24). The normalized spacial score (nSPS) is 16.6. The van der Waals surface area contributed by atoms with Crippen LogP contribution in [0.3, 0.4) is 0 Å². The third-order valence-corrected chi connectivity index (χ3v) is 3.90. The van der Waals surface area contributed by atoms with Gasteiger partial charge in [-0.15, -0.1) is 0 Å². The number of carboxylic acid groups (broad SMARTS) is 1. The van der Waals surface area contributed by atoms with Crippen molar-refractivity contribution in [2.45, 2.75) is 32.9 Å². The van der Waals surface area contributed by atoms with Gasteiger partial charge in [0.05, 0.1) is 5.92 Å². The van der Waals surface area contributed by atoms with Crippen LogP contribution in [0, 0.1) is 5.92 Å². The van der Waals surface area contributed by atoms with Crippen molar-refractivity contribution < 1.29 is 19.5 Å². The average Bonchev–Trinajstić information content (AvgIpc) is 3.03. The van der Waals surface area contributed by atoms with Crippen molar-refractivity contribution >= 4 is 23.7 Å². The Balaban J connectivity index is 1.78. The Morgan fingerprint density at radius 3 is 2.48 bits per heavy atom. The molecule has 0 spiro atoms. The smallest absolute Gasteiger partial charge is 0.319 e. The van der Waals surface area contributed by atoms with E-state index in [-0.39, 0.29) is 24.6 Å². The Morgan fingerprint density at radius 2 is 1.92 bits per heavy atom. The van der Waals surface area contributed by atoms with Crippen LogP contribution in [0.1, 0.15) is 25.8 Å². The van der Waals surface area contributed by atoms with Gasteiger partial charge < -0.3 is 26.0 Å². The Kier molecular flexibility index (Phi) is 6.21. The van der Waals surface area contributed by atoms with E-state index in [0.717, 1.165) is 5.56 Å². The van der Waals surface area contributed by atoms with E-state index in [2.05, 4.69) is 16.0 Å². The van der Waals surface area contributed by atoms with Crippen molar-refractivity contribution in [1.29, 1.82) is 0 Å². The van der Waals surface area contributed by atoms with E-state index in [1.807, 2.05) is 26.0 Å². The average molecular weight is 348 g/mol. The first-order valence-electron chi connectivity index (χ1n) is 8.27. The molecule has 1 unspecified atom stereocenters. The minimum atomic E-state index is -0.861. The molecule has 1 saturated heterocycles. The zero-order chi connectivity index (χ0) is 18.4. The number of nitrogens with one attached hydrogen (secondary N) is 3. The number of anilines is 1. The molecule has 1 atom stereocenters. The molecule has 4 amide bonds. The van der Waals surface area contributed by atoms with Gasteiger partial charge in [-0.25, -0.2) is 9.59 Å². The molecule has 0 radical (unpaired) electrons. The van der Waals surface area contributed by atoms with Crippen molar-refractivity contribution in [3.63, 3.8) is 0 Å². The number of carboxylic acids is 1. The van der Waals surface area contributed by atoms with Gasteiger partial charge in [0.15, 0.2) is 0 Å². The molecule has 0 saturated carbocycles. The third-order valence-electron chi connectivity index (χ3n) is 3.90. The first-order valence-corrected chi connectivity index (χ1v) is 8.27. The molecule has 1 fully saturated rings. The second kappa shape index (κ2) is 8.36. The SMILES string of the molecule is CC(C)NC(=O)Nc1ccc(CNC(=O)N2CCC(C(=O)O)C2)cc1. The van der Waals surface area contributed by atoms with Crippen LogP contribution in [0.25, 0.3) is 0 Å². The largest absolute Gasteiger partial charge is 0.481 e. The molecule has 1 heterocycles. The van der Waals surface area contributed by atoms with Crippen LogP contribution >= 0.6 is 0 Å². The summed E-state index contributed by atoms with van der Waals surface area (Å²) in [5, 5.41) is 17.2. The van der Waals surface area contributed by atoms with Gasteiger partial charge in [0.1, 0.15) is 0 Å². The predicted octanol–water partition coefficient (Wildman–Crippen LogP) is 1.83. The first-order chi connectivity index (χ1) is 11.8. The molecule has 4 N–H and O–H groups in total. The molecule has 1 aromatic rings. The molecular formula is C17H24N4O4. The van der Waals surface area contributed by atoms with E-state index in [1.54, 1.807) is 12.1 Å². The summed E-state index contributed by atoms with van der Waals surface area (Å²) < 4.78 is 0. The molecule has 1 aliphatic rings. The van der Waals surface area contributed by atoms with Crippen molar-refractivity contribution in [2.24, 2.45) is 5.92 Å². The fourth-order valence-electron chi connectivity index (χ4n) is 2.57. The summed E-state index contributed by atoms with van der Waals surface area (Å²) >= 11 is 0. The highest BCUT2D eigenvalue weighted by Gasteiger charge is 2.30. The fraction of sp³-hybridized carbons (Fsp3) is 0.471. The molecule has 1 aliphatic heterocycles. The number of amides is 4. The molecule has 0 aromatic heterocycles. The lowest BCUT2D eigenvalue weighted by atomic mass is 10.1. The van der Waals surface area contributed by atoms with Gasteiger partial charge in [-0.1, -0.05) is 12.1 Å². The molecular weight excluding hydrogens is 324 g/mol.